The fourth-order valence-electron chi connectivity index (χ4n) is 3.29. The van der Waals surface area contributed by atoms with Gasteiger partial charge in [0.15, 0.2) is 0 Å². The van der Waals surface area contributed by atoms with E-state index in [0.717, 1.165) is 45.9 Å². The van der Waals surface area contributed by atoms with Gasteiger partial charge in [-0.2, -0.15) is 0 Å². The number of amides is 1. The number of carbonyl (C=O) groups excluding carboxylic acids is 1. The van der Waals surface area contributed by atoms with Gasteiger partial charge in [0.2, 0.25) is 5.91 Å². The van der Waals surface area contributed by atoms with Crippen LogP contribution in [0.1, 0.15) is 18.7 Å². The molecule has 122 valence electrons. The Bertz CT molecular complexity index is 906. The van der Waals surface area contributed by atoms with Crippen LogP contribution >= 0.6 is 11.3 Å². The van der Waals surface area contributed by atoms with Gasteiger partial charge in [0.05, 0.1) is 5.39 Å². The monoisotopic (exact) mass is 338 g/mol. The minimum atomic E-state index is -0.282. The lowest BCUT2D eigenvalue weighted by Crippen LogP contribution is -2.40. The van der Waals surface area contributed by atoms with E-state index in [1.54, 1.807) is 11.3 Å². The number of thiophene rings is 1. The van der Waals surface area contributed by atoms with Crippen molar-refractivity contribution >= 4 is 33.3 Å². The smallest absolute Gasteiger partial charge is 0.240 e. The zero-order valence-electron chi connectivity index (χ0n) is 13.4. The van der Waals surface area contributed by atoms with E-state index in [1.807, 2.05) is 30.0 Å². The van der Waals surface area contributed by atoms with E-state index >= 15 is 0 Å². The zero-order chi connectivity index (χ0) is 16.7. The fourth-order valence-corrected chi connectivity index (χ4v) is 4.37. The summed E-state index contributed by atoms with van der Waals surface area (Å²) in [5, 5.41) is 0.998. The van der Waals surface area contributed by atoms with Gasteiger partial charge < -0.3 is 10.6 Å². The van der Waals surface area contributed by atoms with E-state index in [9.17, 15) is 4.79 Å². The Labute approximate surface area is 144 Å². The summed E-state index contributed by atoms with van der Waals surface area (Å²) < 4.78 is 0. The first kappa shape index (κ1) is 15.1. The number of carbonyl (C=O) groups is 1. The number of nitrogens with zero attached hydrogens (tertiary/aromatic N) is 3. The number of hydrogen-bond acceptors (Lipinski definition) is 5. The molecule has 0 aliphatic carbocycles. The molecule has 1 fully saturated rings. The number of fused-ring (bicyclic) bond motifs is 1. The summed E-state index contributed by atoms with van der Waals surface area (Å²) >= 11 is 1.65. The maximum Gasteiger partial charge on any atom is 0.240 e. The van der Waals surface area contributed by atoms with Gasteiger partial charge in [-0.05, 0) is 31.4 Å². The van der Waals surface area contributed by atoms with Crippen molar-refractivity contribution in [3.8, 4) is 10.4 Å². The van der Waals surface area contributed by atoms with Crippen molar-refractivity contribution < 1.29 is 4.79 Å². The maximum atomic E-state index is 11.8. The second kappa shape index (κ2) is 5.87. The van der Waals surface area contributed by atoms with Crippen LogP contribution in [0.15, 0.2) is 36.4 Å². The Hall–Kier alpha value is -2.47. The van der Waals surface area contributed by atoms with Crippen molar-refractivity contribution in [2.24, 2.45) is 5.73 Å². The summed E-state index contributed by atoms with van der Waals surface area (Å²) in [7, 11) is 0. The molecule has 1 amide bonds. The molecule has 0 radical (unpaired) electrons. The van der Waals surface area contributed by atoms with Gasteiger partial charge in [-0.15, -0.1) is 11.3 Å². The minimum Gasteiger partial charge on any atom is -0.368 e. The van der Waals surface area contributed by atoms with Gasteiger partial charge in [0.25, 0.3) is 0 Å². The number of aryl methyl sites for hydroxylation is 1. The highest BCUT2D eigenvalue weighted by molar-refractivity contribution is 7.21. The van der Waals surface area contributed by atoms with Crippen LogP contribution in [-0.4, -0.2) is 28.5 Å². The number of aromatic nitrogens is 2. The minimum absolute atomic E-state index is 0.275. The Morgan fingerprint density at radius 1 is 1.29 bits per heavy atom. The van der Waals surface area contributed by atoms with Crippen molar-refractivity contribution in [2.45, 2.75) is 25.8 Å². The molecule has 1 unspecified atom stereocenters. The summed E-state index contributed by atoms with van der Waals surface area (Å²) in [6.45, 7) is 2.69. The van der Waals surface area contributed by atoms with Crippen molar-refractivity contribution in [1.29, 1.82) is 0 Å². The Balaban J connectivity index is 1.86. The van der Waals surface area contributed by atoms with Crippen LogP contribution in [0.4, 0.5) is 5.82 Å². The molecule has 1 aromatic carbocycles. The number of benzene rings is 1. The predicted molar refractivity (Wildman–Crippen MR) is 97.2 cm³/mol. The summed E-state index contributed by atoms with van der Waals surface area (Å²) in [6, 6.07) is 12.1. The molecular formula is C18H18N4OS. The van der Waals surface area contributed by atoms with E-state index in [4.69, 9.17) is 5.73 Å². The van der Waals surface area contributed by atoms with Crippen LogP contribution < -0.4 is 10.6 Å². The molecule has 0 saturated carbocycles. The predicted octanol–water partition coefficient (Wildman–Crippen LogP) is 3.12. The second-order valence-electron chi connectivity index (χ2n) is 6.04. The summed E-state index contributed by atoms with van der Waals surface area (Å²) in [4.78, 5) is 25.1. The number of anilines is 1. The van der Waals surface area contributed by atoms with Crippen LogP contribution in [-0.2, 0) is 4.79 Å². The normalized spacial score (nSPS) is 17.5. The Kier molecular flexibility index (Phi) is 3.69. The third kappa shape index (κ3) is 2.53. The molecule has 1 aliphatic rings. The second-order valence-corrected chi connectivity index (χ2v) is 7.07. The molecule has 0 spiro atoms. The third-order valence-electron chi connectivity index (χ3n) is 4.40. The van der Waals surface area contributed by atoms with E-state index in [-0.39, 0.29) is 11.9 Å². The van der Waals surface area contributed by atoms with Gasteiger partial charge in [0.1, 0.15) is 22.5 Å². The lowest BCUT2D eigenvalue weighted by atomic mass is 10.1. The first-order chi connectivity index (χ1) is 11.6. The summed E-state index contributed by atoms with van der Waals surface area (Å²) in [5.41, 5.74) is 6.75. The fraction of sp³-hybridized carbons (Fsp3) is 0.278. The van der Waals surface area contributed by atoms with Crippen molar-refractivity contribution in [1.82, 2.24) is 9.97 Å². The summed E-state index contributed by atoms with van der Waals surface area (Å²) in [5.74, 6) is 1.27. The van der Waals surface area contributed by atoms with Crippen molar-refractivity contribution in [2.75, 3.05) is 11.4 Å². The molecule has 4 rings (SSSR count). The van der Waals surface area contributed by atoms with Crippen LogP contribution in [0.3, 0.4) is 0 Å². The van der Waals surface area contributed by atoms with E-state index in [1.165, 1.54) is 0 Å². The molecule has 1 atom stereocenters. The molecule has 2 N–H and O–H groups in total. The number of rotatable bonds is 3. The quantitative estimate of drug-likeness (QED) is 0.796. The van der Waals surface area contributed by atoms with Crippen LogP contribution in [0.2, 0.25) is 0 Å². The third-order valence-corrected chi connectivity index (χ3v) is 5.47. The van der Waals surface area contributed by atoms with Crippen LogP contribution in [0, 0.1) is 6.92 Å². The largest absolute Gasteiger partial charge is 0.368 e. The lowest BCUT2D eigenvalue weighted by Gasteiger charge is -2.24. The Morgan fingerprint density at radius 2 is 2.08 bits per heavy atom. The Morgan fingerprint density at radius 3 is 2.83 bits per heavy atom. The SMILES string of the molecule is Cc1nc(N2CCCC2C(N)=O)c2cc(-c3ccccc3)sc2n1. The molecule has 3 heterocycles. The lowest BCUT2D eigenvalue weighted by molar-refractivity contribution is -0.119. The average Bonchev–Trinajstić information content (AvgIpc) is 3.21. The van der Waals surface area contributed by atoms with Crippen LogP contribution in [0.25, 0.3) is 20.7 Å². The average molecular weight is 338 g/mol. The molecule has 24 heavy (non-hydrogen) atoms. The molecule has 5 nitrogen and oxygen atoms in total. The topological polar surface area (TPSA) is 72.1 Å². The van der Waals surface area contributed by atoms with Crippen molar-refractivity contribution in [3.05, 3.63) is 42.2 Å². The van der Waals surface area contributed by atoms with Gasteiger partial charge >= 0.3 is 0 Å². The number of nitrogens with two attached hydrogens (primary N) is 1. The highest BCUT2D eigenvalue weighted by atomic mass is 32.1. The summed E-state index contributed by atoms with van der Waals surface area (Å²) in [6.07, 6.45) is 1.74. The van der Waals surface area contributed by atoms with Gasteiger partial charge in [0, 0.05) is 11.4 Å². The molecular weight excluding hydrogens is 320 g/mol. The first-order valence-electron chi connectivity index (χ1n) is 8.03. The van der Waals surface area contributed by atoms with Gasteiger partial charge in [-0.3, -0.25) is 4.79 Å². The first-order valence-corrected chi connectivity index (χ1v) is 8.84. The van der Waals surface area contributed by atoms with E-state index in [2.05, 4.69) is 28.2 Å². The molecule has 0 bridgehead atoms. The molecule has 1 saturated heterocycles. The van der Waals surface area contributed by atoms with E-state index in [0.29, 0.717) is 5.82 Å². The number of hydrogen-bond donors (Lipinski definition) is 1. The van der Waals surface area contributed by atoms with Gasteiger partial charge in [-0.25, -0.2) is 9.97 Å². The molecule has 6 heteroatoms. The van der Waals surface area contributed by atoms with Gasteiger partial charge in [-0.1, -0.05) is 30.3 Å². The van der Waals surface area contributed by atoms with Crippen molar-refractivity contribution in [3.63, 3.8) is 0 Å². The van der Waals surface area contributed by atoms with Crippen LogP contribution in [0.5, 0.6) is 0 Å². The maximum absolute atomic E-state index is 11.8. The number of primary amides is 1. The highest BCUT2D eigenvalue weighted by Gasteiger charge is 2.31. The molecule has 1 aliphatic heterocycles. The molecule has 2 aromatic heterocycles. The zero-order valence-corrected chi connectivity index (χ0v) is 14.2. The standard InChI is InChI=1S/C18H18N4OS/c1-11-20-17(22-9-5-8-14(22)16(19)23)13-10-15(24-18(13)21-11)12-6-3-2-4-7-12/h2-4,6-7,10,14H,5,8-9H2,1H3,(H2,19,23). The van der Waals surface area contributed by atoms with E-state index < -0.39 is 0 Å². The molecule has 3 aromatic rings. The highest BCUT2D eigenvalue weighted by Crippen LogP contribution is 2.38.